The molecule has 0 radical (unpaired) electrons. The van der Waals surface area contributed by atoms with Gasteiger partial charge in [0.05, 0.1) is 18.2 Å². The molecular formula is C11H17N5O. The fourth-order valence-electron chi connectivity index (χ4n) is 1.79. The summed E-state index contributed by atoms with van der Waals surface area (Å²) in [6.07, 6.45) is 4.75. The molecule has 0 saturated carbocycles. The third-order valence-electron chi connectivity index (χ3n) is 2.77. The van der Waals surface area contributed by atoms with E-state index in [0.717, 1.165) is 11.5 Å². The predicted molar refractivity (Wildman–Crippen MR) is 62.3 cm³/mol. The van der Waals surface area contributed by atoms with Crippen molar-refractivity contribution in [1.29, 1.82) is 0 Å². The molecule has 0 aliphatic heterocycles. The van der Waals surface area contributed by atoms with Crippen LogP contribution in [0.1, 0.15) is 37.5 Å². The van der Waals surface area contributed by atoms with Crippen molar-refractivity contribution in [2.75, 3.05) is 0 Å². The van der Waals surface area contributed by atoms with Gasteiger partial charge in [0.2, 0.25) is 0 Å². The Labute approximate surface area is 99.9 Å². The molecule has 0 aromatic carbocycles. The highest BCUT2D eigenvalue weighted by atomic mass is 16.3. The van der Waals surface area contributed by atoms with Gasteiger partial charge in [0.25, 0.3) is 0 Å². The predicted octanol–water partition coefficient (Wildman–Crippen LogP) is 0.869. The average Bonchev–Trinajstić information content (AvgIpc) is 2.87. The Morgan fingerprint density at radius 2 is 2.18 bits per heavy atom. The normalized spacial score (nSPS) is 13.2. The van der Waals surface area contributed by atoms with Crippen molar-refractivity contribution >= 4 is 0 Å². The van der Waals surface area contributed by atoms with Gasteiger partial charge in [-0.2, -0.15) is 5.10 Å². The summed E-state index contributed by atoms with van der Waals surface area (Å²) < 4.78 is 3.63. The third kappa shape index (κ3) is 2.36. The van der Waals surface area contributed by atoms with E-state index < -0.39 is 6.10 Å². The molecule has 6 heteroatoms. The lowest BCUT2D eigenvalue weighted by Crippen LogP contribution is -2.13. The summed E-state index contributed by atoms with van der Waals surface area (Å²) in [5, 5.41) is 14.2. The molecular weight excluding hydrogens is 218 g/mol. The van der Waals surface area contributed by atoms with Crippen molar-refractivity contribution in [2.24, 2.45) is 7.05 Å². The van der Waals surface area contributed by atoms with Crippen LogP contribution in [-0.2, 0) is 13.5 Å². The molecule has 17 heavy (non-hydrogen) atoms. The number of aromatic nitrogens is 5. The number of hydrogen-bond acceptors (Lipinski definition) is 4. The summed E-state index contributed by atoms with van der Waals surface area (Å²) in [5.41, 5.74) is 0.808. The van der Waals surface area contributed by atoms with E-state index in [1.54, 1.807) is 17.2 Å². The third-order valence-corrected chi connectivity index (χ3v) is 2.77. The van der Waals surface area contributed by atoms with Crippen molar-refractivity contribution in [1.82, 2.24) is 24.3 Å². The molecule has 2 aromatic rings. The molecule has 2 rings (SSSR count). The van der Waals surface area contributed by atoms with Gasteiger partial charge in [0.1, 0.15) is 18.3 Å². The van der Waals surface area contributed by atoms with Gasteiger partial charge in [0.15, 0.2) is 0 Å². The lowest BCUT2D eigenvalue weighted by molar-refractivity contribution is 0.163. The summed E-state index contributed by atoms with van der Waals surface area (Å²) in [6, 6.07) is 0.279. The molecule has 1 N–H and O–H groups in total. The molecule has 0 aliphatic rings. The summed E-state index contributed by atoms with van der Waals surface area (Å²) in [5.74, 6) is 0.758. The van der Waals surface area contributed by atoms with Gasteiger partial charge >= 0.3 is 0 Å². The van der Waals surface area contributed by atoms with E-state index in [2.05, 4.69) is 28.9 Å². The van der Waals surface area contributed by atoms with Crippen molar-refractivity contribution in [3.63, 3.8) is 0 Å². The molecule has 2 aromatic heterocycles. The van der Waals surface area contributed by atoms with Gasteiger partial charge in [0, 0.05) is 19.5 Å². The zero-order valence-corrected chi connectivity index (χ0v) is 10.3. The number of aliphatic hydroxyl groups excluding tert-OH is 1. The molecule has 0 spiro atoms. The van der Waals surface area contributed by atoms with Crippen LogP contribution in [0.4, 0.5) is 0 Å². The number of aryl methyl sites for hydroxylation is 1. The fraction of sp³-hybridized carbons (Fsp3) is 0.545. The maximum absolute atomic E-state index is 10.2. The Morgan fingerprint density at radius 3 is 2.76 bits per heavy atom. The maximum atomic E-state index is 10.2. The minimum atomic E-state index is -0.609. The number of imidazole rings is 1. The Balaban J connectivity index is 2.17. The average molecular weight is 235 g/mol. The Bertz CT molecular complexity index is 488. The molecule has 0 bridgehead atoms. The van der Waals surface area contributed by atoms with Crippen LogP contribution in [0, 0.1) is 0 Å². The summed E-state index contributed by atoms with van der Waals surface area (Å²) in [6.45, 7) is 4.11. The molecule has 0 amide bonds. The van der Waals surface area contributed by atoms with E-state index in [-0.39, 0.29) is 6.04 Å². The molecule has 6 nitrogen and oxygen atoms in total. The molecule has 2 heterocycles. The first-order chi connectivity index (χ1) is 8.09. The zero-order chi connectivity index (χ0) is 12.4. The van der Waals surface area contributed by atoms with E-state index in [4.69, 9.17) is 0 Å². The van der Waals surface area contributed by atoms with E-state index in [9.17, 15) is 5.11 Å². The Hall–Kier alpha value is -1.69. The smallest absolute Gasteiger partial charge is 0.138 e. The topological polar surface area (TPSA) is 68.8 Å². The van der Waals surface area contributed by atoms with Crippen molar-refractivity contribution in [3.8, 4) is 0 Å². The molecule has 1 atom stereocenters. The summed E-state index contributed by atoms with van der Waals surface area (Å²) in [4.78, 5) is 8.18. The van der Waals surface area contributed by atoms with Crippen LogP contribution in [0.25, 0.3) is 0 Å². The zero-order valence-electron chi connectivity index (χ0n) is 10.3. The van der Waals surface area contributed by atoms with Crippen LogP contribution in [0.3, 0.4) is 0 Å². The van der Waals surface area contributed by atoms with Crippen molar-refractivity contribution < 1.29 is 5.11 Å². The largest absolute Gasteiger partial charge is 0.386 e. The minimum Gasteiger partial charge on any atom is -0.386 e. The molecule has 92 valence electrons. The highest BCUT2D eigenvalue weighted by Gasteiger charge is 2.17. The van der Waals surface area contributed by atoms with Crippen molar-refractivity contribution in [2.45, 2.75) is 32.4 Å². The quantitative estimate of drug-likeness (QED) is 0.853. The summed E-state index contributed by atoms with van der Waals surface area (Å²) in [7, 11) is 1.81. The number of rotatable bonds is 4. The molecule has 0 saturated heterocycles. The van der Waals surface area contributed by atoms with Crippen LogP contribution in [0.5, 0.6) is 0 Å². The lowest BCUT2D eigenvalue weighted by Gasteiger charge is -2.15. The second-order valence-electron chi connectivity index (χ2n) is 4.34. The Kier molecular flexibility index (Phi) is 3.23. The second-order valence-corrected chi connectivity index (χ2v) is 4.34. The second kappa shape index (κ2) is 4.67. The van der Waals surface area contributed by atoms with E-state index in [0.29, 0.717) is 6.42 Å². The van der Waals surface area contributed by atoms with E-state index in [1.165, 1.54) is 6.33 Å². The van der Waals surface area contributed by atoms with Gasteiger partial charge in [-0.1, -0.05) is 0 Å². The standard InChI is InChI=1S/C11H17N5O/c1-8(2)16-7-12-5-9(16)10(17)4-11-13-6-14-15(11)3/h5-8,10,17H,4H2,1-3H3. The maximum Gasteiger partial charge on any atom is 0.138 e. The molecule has 0 fully saturated rings. The summed E-state index contributed by atoms with van der Waals surface area (Å²) >= 11 is 0. The number of aliphatic hydroxyl groups is 1. The molecule has 0 aliphatic carbocycles. The van der Waals surface area contributed by atoms with Crippen LogP contribution in [-0.4, -0.2) is 29.4 Å². The van der Waals surface area contributed by atoms with Crippen LogP contribution in [0.2, 0.25) is 0 Å². The minimum absolute atomic E-state index is 0.279. The highest BCUT2D eigenvalue weighted by molar-refractivity contribution is 5.06. The first-order valence-electron chi connectivity index (χ1n) is 5.62. The van der Waals surface area contributed by atoms with E-state index in [1.807, 2.05) is 11.6 Å². The number of nitrogens with zero attached hydrogens (tertiary/aromatic N) is 5. The van der Waals surface area contributed by atoms with E-state index >= 15 is 0 Å². The van der Waals surface area contributed by atoms with Gasteiger partial charge in [-0.05, 0) is 13.8 Å². The van der Waals surface area contributed by atoms with Crippen LogP contribution >= 0.6 is 0 Å². The Morgan fingerprint density at radius 1 is 1.41 bits per heavy atom. The highest BCUT2D eigenvalue weighted by Crippen LogP contribution is 2.19. The van der Waals surface area contributed by atoms with Crippen LogP contribution < -0.4 is 0 Å². The van der Waals surface area contributed by atoms with Crippen LogP contribution in [0.15, 0.2) is 18.9 Å². The van der Waals surface area contributed by atoms with Gasteiger partial charge in [-0.25, -0.2) is 9.97 Å². The SMILES string of the molecule is CC(C)n1cncc1C(O)Cc1ncnn1C. The van der Waals surface area contributed by atoms with Gasteiger partial charge in [-0.3, -0.25) is 4.68 Å². The molecule has 1 unspecified atom stereocenters. The fourth-order valence-corrected chi connectivity index (χ4v) is 1.79. The lowest BCUT2D eigenvalue weighted by atomic mass is 10.2. The van der Waals surface area contributed by atoms with Crippen molar-refractivity contribution in [3.05, 3.63) is 30.4 Å². The first-order valence-corrected chi connectivity index (χ1v) is 5.62. The van der Waals surface area contributed by atoms with Gasteiger partial charge < -0.3 is 9.67 Å². The first kappa shape index (κ1) is 11.8. The monoisotopic (exact) mass is 235 g/mol. The number of hydrogen-bond donors (Lipinski definition) is 1. The van der Waals surface area contributed by atoms with Gasteiger partial charge in [-0.15, -0.1) is 0 Å².